The predicted octanol–water partition coefficient (Wildman–Crippen LogP) is 1.47. The minimum Gasteiger partial charge on any atom is -0.481 e. The Morgan fingerprint density at radius 1 is 1.33 bits per heavy atom. The van der Waals surface area contributed by atoms with Gasteiger partial charge >= 0.3 is 12.0 Å². The highest BCUT2D eigenvalue weighted by Gasteiger charge is 2.30. The van der Waals surface area contributed by atoms with Gasteiger partial charge in [-0.1, -0.05) is 6.07 Å². The fourth-order valence-electron chi connectivity index (χ4n) is 1.59. The Morgan fingerprint density at radius 3 is 2.52 bits per heavy atom. The summed E-state index contributed by atoms with van der Waals surface area (Å²) >= 11 is 0. The second-order valence-electron chi connectivity index (χ2n) is 5.36. The third kappa shape index (κ3) is 5.21. The molecule has 0 aliphatic carbocycles. The molecule has 0 fully saturated rings. The second-order valence-corrected chi connectivity index (χ2v) is 5.36. The van der Waals surface area contributed by atoms with Crippen molar-refractivity contribution in [3.8, 4) is 0 Å². The molecule has 0 radical (unpaired) electrons. The first kappa shape index (κ1) is 16.6. The lowest BCUT2D eigenvalue weighted by molar-refractivity contribution is -0.149. The van der Waals surface area contributed by atoms with E-state index in [0.29, 0.717) is 5.69 Å². The number of pyridine rings is 1. The van der Waals surface area contributed by atoms with E-state index >= 15 is 0 Å². The Kier molecular flexibility index (Phi) is 5.40. The van der Waals surface area contributed by atoms with Gasteiger partial charge in [0.25, 0.3) is 0 Å². The van der Waals surface area contributed by atoms with Crippen LogP contribution < -0.4 is 10.6 Å². The number of hydrogen-bond donors (Lipinski definition) is 3. The number of imide groups is 1. The van der Waals surface area contributed by atoms with Crippen molar-refractivity contribution in [1.29, 1.82) is 0 Å². The van der Waals surface area contributed by atoms with Crippen LogP contribution in [0.15, 0.2) is 24.4 Å². The van der Waals surface area contributed by atoms with Crippen LogP contribution in [0.5, 0.6) is 0 Å². The van der Waals surface area contributed by atoms with Gasteiger partial charge in [0, 0.05) is 12.6 Å². The van der Waals surface area contributed by atoms with Gasteiger partial charge in [0.1, 0.15) is 0 Å². The summed E-state index contributed by atoms with van der Waals surface area (Å²) in [6.45, 7) is 4.57. The van der Waals surface area contributed by atoms with E-state index < -0.39 is 23.3 Å². The number of carboxylic acids is 1. The highest BCUT2D eigenvalue weighted by molar-refractivity contribution is 5.96. The molecule has 0 bridgehead atoms. The molecule has 0 aromatic carbocycles. The van der Waals surface area contributed by atoms with Gasteiger partial charge in [-0.15, -0.1) is 0 Å². The lowest BCUT2D eigenvalue weighted by atomic mass is 9.89. The first-order valence-electron chi connectivity index (χ1n) is 6.47. The summed E-state index contributed by atoms with van der Waals surface area (Å²) in [7, 11) is 0. The van der Waals surface area contributed by atoms with E-state index in [-0.39, 0.29) is 12.5 Å². The van der Waals surface area contributed by atoms with E-state index in [0.717, 1.165) is 0 Å². The maximum atomic E-state index is 11.7. The molecular weight excluding hydrogens is 274 g/mol. The number of carbonyl (C=O) groups excluding carboxylic acids is 2. The zero-order chi connectivity index (χ0) is 16.0. The van der Waals surface area contributed by atoms with Crippen LogP contribution in [-0.4, -0.2) is 28.0 Å². The molecule has 1 rings (SSSR count). The monoisotopic (exact) mass is 293 g/mol. The molecule has 0 aliphatic rings. The summed E-state index contributed by atoms with van der Waals surface area (Å²) in [5.41, 5.74) is -0.567. The summed E-state index contributed by atoms with van der Waals surface area (Å²) in [6.07, 6.45) is 1.32. The van der Waals surface area contributed by atoms with Crippen molar-refractivity contribution in [2.75, 3.05) is 0 Å². The molecule has 0 saturated carbocycles. The van der Waals surface area contributed by atoms with Crippen LogP contribution in [-0.2, 0) is 9.59 Å². The standard InChI is InChI=1S/C14H19N3O4/c1-9(10-6-4-5-7-15-10)16-13(21)17-11(18)8-14(2,3)12(19)20/h4-7,9H,8H2,1-3H3,(H,19,20)(H2,16,17,18,21). The largest absolute Gasteiger partial charge is 0.481 e. The zero-order valence-electron chi connectivity index (χ0n) is 12.2. The van der Waals surface area contributed by atoms with Crippen LogP contribution in [0.2, 0.25) is 0 Å². The Morgan fingerprint density at radius 2 is 2.00 bits per heavy atom. The zero-order valence-corrected chi connectivity index (χ0v) is 12.2. The summed E-state index contributed by atoms with van der Waals surface area (Å²) < 4.78 is 0. The molecule has 7 heteroatoms. The summed E-state index contributed by atoms with van der Waals surface area (Å²) in [4.78, 5) is 38.3. The Bertz CT molecular complexity index is 528. The van der Waals surface area contributed by atoms with Gasteiger partial charge in [0.05, 0.1) is 17.2 Å². The van der Waals surface area contributed by atoms with Crippen LogP contribution in [0.4, 0.5) is 4.79 Å². The molecule has 1 unspecified atom stereocenters. The molecule has 0 spiro atoms. The lowest BCUT2D eigenvalue weighted by Crippen LogP contribution is -2.43. The summed E-state index contributed by atoms with van der Waals surface area (Å²) in [5.74, 6) is -1.74. The quantitative estimate of drug-likeness (QED) is 0.761. The van der Waals surface area contributed by atoms with E-state index in [4.69, 9.17) is 5.11 Å². The van der Waals surface area contributed by atoms with Crippen LogP contribution >= 0.6 is 0 Å². The van der Waals surface area contributed by atoms with Crippen LogP contribution in [0, 0.1) is 5.41 Å². The number of urea groups is 1. The second kappa shape index (κ2) is 6.83. The van der Waals surface area contributed by atoms with E-state index in [9.17, 15) is 14.4 Å². The fraction of sp³-hybridized carbons (Fsp3) is 0.429. The number of hydrogen-bond acceptors (Lipinski definition) is 4. The number of nitrogens with one attached hydrogen (secondary N) is 2. The lowest BCUT2D eigenvalue weighted by Gasteiger charge is -2.18. The molecule has 7 nitrogen and oxygen atoms in total. The number of carboxylic acid groups (broad SMARTS) is 1. The van der Waals surface area contributed by atoms with Gasteiger partial charge in [-0.05, 0) is 32.9 Å². The van der Waals surface area contributed by atoms with Crippen molar-refractivity contribution in [1.82, 2.24) is 15.6 Å². The Balaban J connectivity index is 2.51. The minimum atomic E-state index is -1.23. The van der Waals surface area contributed by atoms with Gasteiger partial charge in [0.15, 0.2) is 0 Å². The molecular formula is C14H19N3O4. The molecule has 3 amide bonds. The Hall–Kier alpha value is -2.44. The predicted molar refractivity (Wildman–Crippen MR) is 75.4 cm³/mol. The van der Waals surface area contributed by atoms with E-state index in [1.165, 1.54) is 13.8 Å². The number of rotatable bonds is 5. The van der Waals surface area contributed by atoms with Crippen molar-refractivity contribution in [2.24, 2.45) is 5.41 Å². The normalized spacial score (nSPS) is 12.3. The third-order valence-corrected chi connectivity index (χ3v) is 2.91. The molecule has 21 heavy (non-hydrogen) atoms. The number of carbonyl (C=O) groups is 3. The molecule has 1 aromatic heterocycles. The average Bonchev–Trinajstić information content (AvgIpc) is 2.38. The number of aliphatic carboxylic acids is 1. The molecule has 3 N–H and O–H groups in total. The Labute approximate surface area is 122 Å². The first-order chi connectivity index (χ1) is 9.72. The van der Waals surface area contributed by atoms with Crippen molar-refractivity contribution in [3.63, 3.8) is 0 Å². The van der Waals surface area contributed by atoms with E-state index in [2.05, 4.69) is 15.6 Å². The number of nitrogens with zero attached hydrogens (tertiary/aromatic N) is 1. The highest BCUT2D eigenvalue weighted by atomic mass is 16.4. The van der Waals surface area contributed by atoms with E-state index in [1.807, 2.05) is 0 Å². The van der Waals surface area contributed by atoms with Crippen LogP contribution in [0.3, 0.4) is 0 Å². The van der Waals surface area contributed by atoms with Crippen molar-refractivity contribution in [3.05, 3.63) is 30.1 Å². The minimum absolute atomic E-state index is 0.284. The fourth-order valence-corrected chi connectivity index (χ4v) is 1.59. The van der Waals surface area contributed by atoms with Gasteiger partial charge in [-0.2, -0.15) is 0 Å². The van der Waals surface area contributed by atoms with Gasteiger partial charge in [0.2, 0.25) is 5.91 Å². The maximum absolute atomic E-state index is 11.7. The first-order valence-corrected chi connectivity index (χ1v) is 6.47. The molecule has 0 aliphatic heterocycles. The van der Waals surface area contributed by atoms with Gasteiger partial charge in [-0.25, -0.2) is 4.79 Å². The smallest absolute Gasteiger partial charge is 0.321 e. The van der Waals surface area contributed by atoms with Crippen LogP contribution in [0.25, 0.3) is 0 Å². The highest BCUT2D eigenvalue weighted by Crippen LogP contribution is 2.19. The topological polar surface area (TPSA) is 108 Å². The SMILES string of the molecule is CC(NC(=O)NC(=O)CC(C)(C)C(=O)O)c1ccccn1. The number of aromatic nitrogens is 1. The maximum Gasteiger partial charge on any atom is 0.321 e. The van der Waals surface area contributed by atoms with Gasteiger partial charge in [-0.3, -0.25) is 19.9 Å². The molecule has 1 aromatic rings. The molecule has 1 atom stereocenters. The molecule has 114 valence electrons. The summed E-state index contributed by atoms with van der Waals surface area (Å²) in [6, 6.07) is 4.25. The van der Waals surface area contributed by atoms with E-state index in [1.54, 1.807) is 31.3 Å². The molecule has 1 heterocycles. The van der Waals surface area contributed by atoms with Crippen molar-refractivity contribution in [2.45, 2.75) is 33.2 Å². The van der Waals surface area contributed by atoms with Crippen molar-refractivity contribution >= 4 is 17.9 Å². The average molecular weight is 293 g/mol. The number of amides is 3. The molecule has 0 saturated heterocycles. The van der Waals surface area contributed by atoms with Crippen molar-refractivity contribution < 1.29 is 19.5 Å². The third-order valence-electron chi connectivity index (χ3n) is 2.91. The van der Waals surface area contributed by atoms with Gasteiger partial charge < -0.3 is 10.4 Å². The summed E-state index contributed by atoms with van der Waals surface area (Å²) in [5, 5.41) is 13.6. The van der Waals surface area contributed by atoms with Crippen LogP contribution in [0.1, 0.15) is 38.9 Å².